The van der Waals surface area contributed by atoms with Gasteiger partial charge in [0.15, 0.2) is 0 Å². The number of hydrogen-bond donors (Lipinski definition) is 1. The Labute approximate surface area is 147 Å². The van der Waals surface area contributed by atoms with E-state index in [0.29, 0.717) is 5.75 Å². The molecule has 0 saturated heterocycles. The Morgan fingerprint density at radius 1 is 1.22 bits per heavy atom. The van der Waals surface area contributed by atoms with Gasteiger partial charge in [-0.15, -0.1) is 11.8 Å². The molecule has 0 aliphatic heterocycles. The molecule has 0 aromatic heterocycles. The molecule has 0 aliphatic carbocycles. The molecule has 0 heterocycles. The van der Waals surface area contributed by atoms with E-state index < -0.39 is 0 Å². The van der Waals surface area contributed by atoms with Crippen molar-refractivity contribution in [2.75, 3.05) is 5.75 Å². The van der Waals surface area contributed by atoms with E-state index in [0.717, 1.165) is 16.3 Å². The van der Waals surface area contributed by atoms with Gasteiger partial charge in [-0.1, -0.05) is 53.6 Å². The van der Waals surface area contributed by atoms with Crippen LogP contribution in [-0.2, 0) is 10.5 Å². The summed E-state index contributed by atoms with van der Waals surface area (Å²) in [5, 5.41) is 3.83. The molecule has 23 heavy (non-hydrogen) atoms. The number of thioether (sulfide) groups is 1. The van der Waals surface area contributed by atoms with Gasteiger partial charge in [0, 0.05) is 10.8 Å². The molecule has 0 bridgehead atoms. The molecule has 2 nitrogen and oxygen atoms in total. The van der Waals surface area contributed by atoms with Gasteiger partial charge in [0.05, 0.1) is 11.8 Å². The Morgan fingerprint density at radius 3 is 2.70 bits per heavy atom. The van der Waals surface area contributed by atoms with Gasteiger partial charge in [-0.05, 0) is 43.5 Å². The summed E-state index contributed by atoms with van der Waals surface area (Å²) in [4.78, 5) is 12.1. The number of rotatable bonds is 6. The Balaban J connectivity index is 1.85. The standard InChI is InChI=1S/C19H22ClNOS/c1-13-8-9-14(2)17(10-13)15(3)21-19(22)12-23-11-16-6-4-5-7-18(16)20/h4-10,15H,11-12H2,1-3H3,(H,21,22)/t15-/m0/s1. The van der Waals surface area contributed by atoms with Crippen LogP contribution in [0.1, 0.15) is 35.2 Å². The molecule has 0 radical (unpaired) electrons. The summed E-state index contributed by atoms with van der Waals surface area (Å²) < 4.78 is 0. The number of benzene rings is 2. The third-order valence-corrected chi connectivity index (χ3v) is 5.08. The summed E-state index contributed by atoms with van der Waals surface area (Å²) in [5.41, 5.74) is 4.65. The molecule has 0 aliphatic rings. The molecule has 0 spiro atoms. The van der Waals surface area contributed by atoms with Crippen LogP contribution in [0.3, 0.4) is 0 Å². The van der Waals surface area contributed by atoms with Crippen LogP contribution >= 0.6 is 23.4 Å². The number of aryl methyl sites for hydroxylation is 2. The lowest BCUT2D eigenvalue weighted by atomic mass is 10.00. The zero-order valence-electron chi connectivity index (χ0n) is 13.7. The molecule has 4 heteroatoms. The predicted molar refractivity (Wildman–Crippen MR) is 100 cm³/mol. The topological polar surface area (TPSA) is 29.1 Å². The third-order valence-electron chi connectivity index (χ3n) is 3.73. The highest BCUT2D eigenvalue weighted by atomic mass is 35.5. The van der Waals surface area contributed by atoms with Crippen LogP contribution < -0.4 is 5.32 Å². The predicted octanol–water partition coefficient (Wildman–Crippen LogP) is 5.07. The lowest BCUT2D eigenvalue weighted by Gasteiger charge is -2.17. The normalized spacial score (nSPS) is 12.0. The quantitative estimate of drug-likeness (QED) is 0.790. The molecule has 0 unspecified atom stereocenters. The van der Waals surface area contributed by atoms with E-state index in [4.69, 9.17) is 11.6 Å². The first-order valence-corrected chi connectivity index (χ1v) is 9.18. The van der Waals surface area contributed by atoms with Gasteiger partial charge in [0.1, 0.15) is 0 Å². The SMILES string of the molecule is Cc1ccc(C)c([C@H](C)NC(=O)CSCc2ccccc2Cl)c1. The minimum atomic E-state index is 0.0170. The lowest BCUT2D eigenvalue weighted by molar-refractivity contribution is -0.119. The summed E-state index contributed by atoms with van der Waals surface area (Å²) in [5.74, 6) is 1.22. The fraction of sp³-hybridized carbons (Fsp3) is 0.316. The Bertz CT molecular complexity index is 687. The largest absolute Gasteiger partial charge is 0.349 e. The molecule has 1 amide bonds. The molecule has 0 fully saturated rings. The summed E-state index contributed by atoms with van der Waals surface area (Å²) in [6.07, 6.45) is 0. The molecule has 1 atom stereocenters. The van der Waals surface area contributed by atoms with Crippen molar-refractivity contribution in [2.45, 2.75) is 32.6 Å². The molecular formula is C19H22ClNOS. The second kappa shape index (κ2) is 8.42. The highest BCUT2D eigenvalue weighted by Gasteiger charge is 2.12. The smallest absolute Gasteiger partial charge is 0.230 e. The van der Waals surface area contributed by atoms with Crippen LogP contribution in [0.2, 0.25) is 5.02 Å². The van der Waals surface area contributed by atoms with Gasteiger partial charge >= 0.3 is 0 Å². The number of nitrogens with one attached hydrogen (secondary N) is 1. The van der Waals surface area contributed by atoms with E-state index >= 15 is 0 Å². The number of carbonyl (C=O) groups excluding carboxylic acids is 1. The van der Waals surface area contributed by atoms with Crippen LogP contribution in [0.4, 0.5) is 0 Å². The average Bonchev–Trinajstić information content (AvgIpc) is 2.51. The number of hydrogen-bond acceptors (Lipinski definition) is 2. The van der Waals surface area contributed by atoms with Gasteiger partial charge in [-0.25, -0.2) is 0 Å². The van der Waals surface area contributed by atoms with Gasteiger partial charge in [0.2, 0.25) is 5.91 Å². The Kier molecular flexibility index (Phi) is 6.55. The van der Waals surface area contributed by atoms with E-state index in [1.165, 1.54) is 16.7 Å². The monoisotopic (exact) mass is 347 g/mol. The molecule has 1 N–H and O–H groups in total. The second-order valence-corrected chi connectivity index (χ2v) is 7.13. The molecule has 2 aromatic carbocycles. The van der Waals surface area contributed by atoms with Crippen molar-refractivity contribution in [3.63, 3.8) is 0 Å². The maximum absolute atomic E-state index is 12.1. The van der Waals surface area contributed by atoms with Crippen LogP contribution in [0, 0.1) is 13.8 Å². The fourth-order valence-corrected chi connectivity index (χ4v) is 3.58. The number of amides is 1. The highest BCUT2D eigenvalue weighted by Crippen LogP contribution is 2.22. The van der Waals surface area contributed by atoms with Crippen molar-refractivity contribution in [2.24, 2.45) is 0 Å². The first kappa shape index (κ1) is 17.9. The van der Waals surface area contributed by atoms with Crippen molar-refractivity contribution in [3.05, 3.63) is 69.7 Å². The van der Waals surface area contributed by atoms with Gasteiger partial charge in [0.25, 0.3) is 0 Å². The van der Waals surface area contributed by atoms with Crippen molar-refractivity contribution in [1.82, 2.24) is 5.32 Å². The van der Waals surface area contributed by atoms with Gasteiger partial charge < -0.3 is 5.32 Å². The summed E-state index contributed by atoms with van der Waals surface area (Å²) in [7, 11) is 0. The molecule has 2 aromatic rings. The first-order valence-electron chi connectivity index (χ1n) is 7.65. The van der Waals surface area contributed by atoms with Crippen LogP contribution in [-0.4, -0.2) is 11.7 Å². The summed E-state index contributed by atoms with van der Waals surface area (Å²) in [6.45, 7) is 6.17. The van der Waals surface area contributed by atoms with Gasteiger partial charge in [-0.3, -0.25) is 4.79 Å². The molecule has 2 rings (SSSR count). The van der Waals surface area contributed by atoms with E-state index in [9.17, 15) is 4.79 Å². The minimum Gasteiger partial charge on any atom is -0.349 e. The average molecular weight is 348 g/mol. The fourth-order valence-electron chi connectivity index (χ4n) is 2.46. The van der Waals surface area contributed by atoms with Crippen LogP contribution in [0.25, 0.3) is 0 Å². The van der Waals surface area contributed by atoms with E-state index in [2.05, 4.69) is 37.4 Å². The minimum absolute atomic E-state index is 0.0170. The van der Waals surface area contributed by atoms with E-state index in [1.54, 1.807) is 11.8 Å². The van der Waals surface area contributed by atoms with E-state index in [1.807, 2.05) is 31.2 Å². The zero-order chi connectivity index (χ0) is 16.8. The van der Waals surface area contributed by atoms with E-state index in [-0.39, 0.29) is 11.9 Å². The maximum atomic E-state index is 12.1. The zero-order valence-corrected chi connectivity index (χ0v) is 15.3. The van der Waals surface area contributed by atoms with Crippen LogP contribution in [0.15, 0.2) is 42.5 Å². The Hall–Kier alpha value is -1.45. The lowest BCUT2D eigenvalue weighted by Crippen LogP contribution is -2.28. The maximum Gasteiger partial charge on any atom is 0.230 e. The van der Waals surface area contributed by atoms with Gasteiger partial charge in [-0.2, -0.15) is 0 Å². The molecule has 122 valence electrons. The number of carbonyl (C=O) groups is 1. The highest BCUT2D eigenvalue weighted by molar-refractivity contribution is 7.99. The van der Waals surface area contributed by atoms with Crippen molar-refractivity contribution < 1.29 is 4.79 Å². The summed E-state index contributed by atoms with van der Waals surface area (Å²) in [6, 6.07) is 14.1. The molecule has 0 saturated carbocycles. The second-order valence-electron chi connectivity index (χ2n) is 5.73. The number of halogens is 1. The van der Waals surface area contributed by atoms with Crippen molar-refractivity contribution in [3.8, 4) is 0 Å². The third kappa shape index (κ3) is 5.29. The summed E-state index contributed by atoms with van der Waals surface area (Å²) >= 11 is 7.70. The molecular weight excluding hydrogens is 326 g/mol. The Morgan fingerprint density at radius 2 is 1.96 bits per heavy atom. The van der Waals surface area contributed by atoms with Crippen molar-refractivity contribution in [1.29, 1.82) is 0 Å². The first-order chi connectivity index (χ1) is 11.0. The van der Waals surface area contributed by atoms with Crippen LogP contribution in [0.5, 0.6) is 0 Å². The van der Waals surface area contributed by atoms with Crippen molar-refractivity contribution >= 4 is 29.3 Å².